The molecule has 0 heteroatoms. The molecule has 41 heavy (non-hydrogen) atoms. The maximum absolute atomic E-state index is 2.48. The first kappa shape index (κ1) is 46.9. The lowest BCUT2D eigenvalue weighted by atomic mass is 9.96. The van der Waals surface area contributed by atoms with Crippen LogP contribution in [0.15, 0.2) is 48.6 Å². The Morgan fingerprint density at radius 3 is 0.951 bits per heavy atom. The molecule has 0 nitrogen and oxygen atoms in total. The van der Waals surface area contributed by atoms with Crippen molar-refractivity contribution in [3.05, 3.63) is 48.6 Å². The van der Waals surface area contributed by atoms with Crippen molar-refractivity contribution in [2.75, 3.05) is 0 Å². The minimum absolute atomic E-state index is 0.936. The van der Waals surface area contributed by atoms with Crippen LogP contribution in [-0.2, 0) is 0 Å². The zero-order chi connectivity index (χ0) is 31.5. The van der Waals surface area contributed by atoms with Crippen LogP contribution in [0, 0.1) is 5.92 Å². The van der Waals surface area contributed by atoms with E-state index in [0.29, 0.717) is 0 Å². The molecule has 0 rings (SSSR count). The Morgan fingerprint density at radius 2 is 0.610 bits per heavy atom. The molecule has 0 aliphatic heterocycles. The maximum Gasteiger partial charge on any atom is -0.0348 e. The summed E-state index contributed by atoms with van der Waals surface area (Å²) >= 11 is 0. The second-order valence-corrected chi connectivity index (χ2v) is 10.9. The van der Waals surface area contributed by atoms with Crippen LogP contribution < -0.4 is 0 Å². The second kappa shape index (κ2) is 51.7. The summed E-state index contributed by atoms with van der Waals surface area (Å²) in [5.74, 6) is 0.936. The summed E-state index contributed by atoms with van der Waals surface area (Å²) in [7, 11) is 0. The molecule has 0 radical (unpaired) electrons. The zero-order valence-electron chi connectivity index (χ0n) is 30.5. The monoisotopic (exact) mass is 575 g/mol. The molecule has 0 saturated heterocycles. The summed E-state index contributed by atoms with van der Waals surface area (Å²) in [4.78, 5) is 0. The molecule has 0 heterocycles. The van der Waals surface area contributed by atoms with Gasteiger partial charge in [0.15, 0.2) is 0 Å². The average molecular weight is 575 g/mol. The van der Waals surface area contributed by atoms with Gasteiger partial charge < -0.3 is 0 Å². The van der Waals surface area contributed by atoms with E-state index in [4.69, 9.17) is 0 Å². The Kier molecular flexibility index (Phi) is 59.1. The molecule has 0 aromatic rings. The second-order valence-electron chi connectivity index (χ2n) is 10.9. The summed E-state index contributed by atoms with van der Waals surface area (Å²) in [6.45, 7) is 19.0. The highest BCUT2D eigenvalue weighted by Crippen LogP contribution is 2.19. The highest BCUT2D eigenvalue weighted by atomic mass is 14.1. The molecule has 0 aromatic carbocycles. The normalized spacial score (nSPS) is 11.8. The van der Waals surface area contributed by atoms with E-state index < -0.39 is 0 Å². The van der Waals surface area contributed by atoms with Crippen molar-refractivity contribution >= 4 is 0 Å². The highest BCUT2D eigenvalue weighted by molar-refractivity contribution is 5.02. The molecule has 1 atom stereocenters. The lowest BCUT2D eigenvalue weighted by molar-refractivity contribution is 0.431. The maximum atomic E-state index is 2.48. The SMILES string of the molecule is CC.CC.CC.CCCC/C=C/C=C/CCCCCCCCC(C)CCCCCCCC/C=C/C=C/CCCCC. The standard InChI is InChI=1S/C35H64.3C2H6/c1-4-6-8-10-12-14-16-18-20-22-24-26-28-30-32-34-35(3)33-31-29-27-25-23-21-19-17-15-13-11-9-7-5-2;3*1-2/h11-18,35H,4-10,19-34H2,1-3H3;3*1-2H3/b13-11+,14-12+,17-15+,18-16+;;;. The van der Waals surface area contributed by atoms with E-state index in [1.54, 1.807) is 0 Å². The average Bonchev–Trinajstić information content (AvgIpc) is 3.02. The van der Waals surface area contributed by atoms with Crippen LogP contribution >= 0.6 is 0 Å². The van der Waals surface area contributed by atoms with Gasteiger partial charge in [-0.05, 0) is 50.9 Å². The summed E-state index contributed by atoms with van der Waals surface area (Å²) < 4.78 is 0. The Balaban J connectivity index is -0.00000106. The molecule has 0 N–H and O–H groups in total. The first-order valence-corrected chi connectivity index (χ1v) is 18.9. The van der Waals surface area contributed by atoms with Crippen LogP contribution in [0.2, 0.25) is 0 Å². The summed E-state index contributed by atoms with van der Waals surface area (Å²) in [6.07, 6.45) is 49.9. The van der Waals surface area contributed by atoms with Gasteiger partial charge in [0.05, 0.1) is 0 Å². The number of allylic oxidation sites excluding steroid dienone is 8. The van der Waals surface area contributed by atoms with Gasteiger partial charge in [0.25, 0.3) is 0 Å². The molecule has 246 valence electrons. The quantitative estimate of drug-likeness (QED) is 0.0676. The van der Waals surface area contributed by atoms with Crippen molar-refractivity contribution in [2.24, 2.45) is 5.92 Å². The third-order valence-corrected chi connectivity index (χ3v) is 7.10. The van der Waals surface area contributed by atoms with Gasteiger partial charge >= 0.3 is 0 Å². The molecule has 0 spiro atoms. The van der Waals surface area contributed by atoms with E-state index in [2.05, 4.69) is 69.4 Å². The van der Waals surface area contributed by atoms with Gasteiger partial charge in [0.1, 0.15) is 0 Å². The van der Waals surface area contributed by atoms with E-state index in [9.17, 15) is 0 Å². The van der Waals surface area contributed by atoms with E-state index >= 15 is 0 Å². The van der Waals surface area contributed by atoms with Crippen molar-refractivity contribution in [1.29, 1.82) is 0 Å². The lowest BCUT2D eigenvalue weighted by Gasteiger charge is -2.11. The van der Waals surface area contributed by atoms with Gasteiger partial charge in [-0.15, -0.1) is 0 Å². The van der Waals surface area contributed by atoms with Gasteiger partial charge in [-0.25, -0.2) is 0 Å². The highest BCUT2D eigenvalue weighted by Gasteiger charge is 2.02. The van der Waals surface area contributed by atoms with Gasteiger partial charge in [-0.1, -0.05) is 214 Å². The molecule has 0 saturated carbocycles. The smallest absolute Gasteiger partial charge is 0.0348 e. The zero-order valence-corrected chi connectivity index (χ0v) is 30.5. The Hall–Kier alpha value is -1.04. The van der Waals surface area contributed by atoms with E-state index in [0.717, 1.165) is 5.92 Å². The molecule has 0 amide bonds. The Labute approximate surface area is 264 Å². The van der Waals surface area contributed by atoms with E-state index in [1.807, 2.05) is 41.5 Å². The molecule has 0 fully saturated rings. The first-order chi connectivity index (χ1) is 20.3. The molecule has 0 aliphatic rings. The van der Waals surface area contributed by atoms with E-state index in [1.165, 1.54) is 148 Å². The van der Waals surface area contributed by atoms with Crippen molar-refractivity contribution in [3.8, 4) is 0 Å². The van der Waals surface area contributed by atoms with Gasteiger partial charge in [0, 0.05) is 0 Å². The topological polar surface area (TPSA) is 0 Å². The van der Waals surface area contributed by atoms with Crippen LogP contribution in [0.1, 0.15) is 210 Å². The molecule has 1 unspecified atom stereocenters. The number of rotatable bonds is 27. The van der Waals surface area contributed by atoms with Crippen LogP contribution in [0.4, 0.5) is 0 Å². The van der Waals surface area contributed by atoms with Crippen molar-refractivity contribution in [1.82, 2.24) is 0 Å². The van der Waals surface area contributed by atoms with Crippen molar-refractivity contribution < 1.29 is 0 Å². The largest absolute Gasteiger partial charge is 0.0845 e. The molecule has 0 aliphatic carbocycles. The number of unbranched alkanes of at least 4 members (excludes halogenated alkanes) is 17. The fraction of sp³-hybridized carbons (Fsp3) is 0.805. The lowest BCUT2D eigenvalue weighted by Crippen LogP contribution is -1.95. The number of hydrogen-bond acceptors (Lipinski definition) is 0. The fourth-order valence-corrected chi connectivity index (χ4v) is 4.60. The van der Waals surface area contributed by atoms with Gasteiger partial charge in [-0.3, -0.25) is 0 Å². The molecular weight excluding hydrogens is 492 g/mol. The van der Waals surface area contributed by atoms with Crippen LogP contribution in [-0.4, -0.2) is 0 Å². The van der Waals surface area contributed by atoms with Crippen molar-refractivity contribution in [2.45, 2.75) is 210 Å². The van der Waals surface area contributed by atoms with Gasteiger partial charge in [0.2, 0.25) is 0 Å². The molecule has 0 aromatic heterocycles. The van der Waals surface area contributed by atoms with E-state index in [-0.39, 0.29) is 0 Å². The summed E-state index contributed by atoms with van der Waals surface area (Å²) in [5.41, 5.74) is 0. The predicted molar refractivity (Wildman–Crippen MR) is 197 cm³/mol. The fourth-order valence-electron chi connectivity index (χ4n) is 4.60. The van der Waals surface area contributed by atoms with Crippen LogP contribution in [0.3, 0.4) is 0 Å². The predicted octanol–water partition coefficient (Wildman–Crippen LogP) is 15.9. The summed E-state index contributed by atoms with van der Waals surface area (Å²) in [6, 6.07) is 0. The number of hydrogen-bond donors (Lipinski definition) is 0. The van der Waals surface area contributed by atoms with Crippen LogP contribution in [0.25, 0.3) is 0 Å². The molecule has 0 bridgehead atoms. The third-order valence-electron chi connectivity index (χ3n) is 7.10. The summed E-state index contributed by atoms with van der Waals surface area (Å²) in [5, 5.41) is 0. The van der Waals surface area contributed by atoms with Crippen LogP contribution in [0.5, 0.6) is 0 Å². The van der Waals surface area contributed by atoms with Crippen molar-refractivity contribution in [3.63, 3.8) is 0 Å². The first-order valence-electron chi connectivity index (χ1n) is 18.9. The molecular formula is C41H82. The van der Waals surface area contributed by atoms with Gasteiger partial charge in [-0.2, -0.15) is 0 Å². The third kappa shape index (κ3) is 52.1. The minimum Gasteiger partial charge on any atom is -0.0845 e. The minimum atomic E-state index is 0.936. The Morgan fingerprint density at radius 1 is 0.341 bits per heavy atom. The Bertz CT molecular complexity index is 492.